The smallest absolute Gasteiger partial charge is 0.325 e. The average molecular weight is 275 g/mol. The normalized spacial score (nSPS) is 11.8. The molecule has 20 heavy (non-hydrogen) atoms. The van der Waals surface area contributed by atoms with E-state index >= 15 is 0 Å². The highest BCUT2D eigenvalue weighted by Crippen LogP contribution is 2.11. The van der Waals surface area contributed by atoms with Gasteiger partial charge in [-0.2, -0.15) is 4.80 Å². The maximum atomic E-state index is 11.6. The van der Waals surface area contributed by atoms with Crippen LogP contribution in [-0.2, 0) is 16.1 Å². The minimum Gasteiger partial charge on any atom is -0.480 e. The van der Waals surface area contributed by atoms with E-state index in [-0.39, 0.29) is 6.54 Å². The van der Waals surface area contributed by atoms with E-state index in [0.717, 1.165) is 10.4 Å². The number of carboxylic acid groups (broad SMARTS) is 1. The van der Waals surface area contributed by atoms with E-state index in [1.54, 1.807) is 0 Å². The molecule has 8 heteroatoms. The second kappa shape index (κ2) is 5.91. The van der Waals surface area contributed by atoms with Gasteiger partial charge >= 0.3 is 5.97 Å². The number of tetrazole rings is 1. The molecule has 2 rings (SSSR count). The highest BCUT2D eigenvalue weighted by atomic mass is 16.4. The standard InChI is InChI=1S/C12H13N5O3/c1-8(12(19)20)13-10(18)7-17-15-11(14-16-17)9-5-3-2-4-6-9/h2-6,8H,7H2,1H3,(H,13,18)(H,19,20)/t8-/m0/s1. The van der Waals surface area contributed by atoms with Gasteiger partial charge in [0.1, 0.15) is 12.6 Å². The first-order chi connectivity index (χ1) is 9.56. The summed E-state index contributed by atoms with van der Waals surface area (Å²) in [5.41, 5.74) is 0.790. The Hall–Kier alpha value is -2.77. The van der Waals surface area contributed by atoms with E-state index in [9.17, 15) is 9.59 Å². The van der Waals surface area contributed by atoms with Gasteiger partial charge in [0.2, 0.25) is 11.7 Å². The van der Waals surface area contributed by atoms with Gasteiger partial charge in [-0.05, 0) is 12.1 Å². The van der Waals surface area contributed by atoms with E-state index in [0.29, 0.717) is 5.82 Å². The summed E-state index contributed by atoms with van der Waals surface area (Å²) in [5.74, 6) is -1.18. The molecule has 1 atom stereocenters. The molecule has 1 aromatic heterocycles. The number of nitrogens with one attached hydrogen (secondary N) is 1. The average Bonchev–Trinajstić information content (AvgIpc) is 2.88. The number of benzene rings is 1. The Morgan fingerprint density at radius 3 is 2.70 bits per heavy atom. The number of hydrogen-bond acceptors (Lipinski definition) is 5. The van der Waals surface area contributed by atoms with Gasteiger partial charge in [-0.3, -0.25) is 9.59 Å². The molecule has 8 nitrogen and oxygen atoms in total. The van der Waals surface area contributed by atoms with Crippen LogP contribution in [0, 0.1) is 0 Å². The van der Waals surface area contributed by atoms with Crippen LogP contribution >= 0.6 is 0 Å². The SMILES string of the molecule is C[C@H](NC(=O)Cn1nnc(-c2ccccc2)n1)C(=O)O. The molecule has 1 heterocycles. The first-order valence-electron chi connectivity index (χ1n) is 5.91. The number of hydrogen-bond donors (Lipinski definition) is 2. The fourth-order valence-corrected chi connectivity index (χ4v) is 1.49. The van der Waals surface area contributed by atoms with Gasteiger partial charge in [-0.1, -0.05) is 30.3 Å². The molecular weight excluding hydrogens is 262 g/mol. The highest BCUT2D eigenvalue weighted by molar-refractivity contribution is 5.82. The first kappa shape index (κ1) is 13.7. The fraction of sp³-hybridized carbons (Fsp3) is 0.250. The molecular formula is C12H13N5O3. The van der Waals surface area contributed by atoms with Crippen molar-refractivity contribution in [2.24, 2.45) is 0 Å². The van der Waals surface area contributed by atoms with Crippen molar-refractivity contribution in [3.05, 3.63) is 30.3 Å². The van der Waals surface area contributed by atoms with E-state index < -0.39 is 17.9 Å². The third-order valence-electron chi connectivity index (χ3n) is 2.52. The molecule has 0 radical (unpaired) electrons. The Morgan fingerprint density at radius 2 is 2.05 bits per heavy atom. The summed E-state index contributed by atoms with van der Waals surface area (Å²) in [6, 6.07) is 8.25. The summed E-state index contributed by atoms with van der Waals surface area (Å²) in [7, 11) is 0. The number of nitrogens with zero attached hydrogens (tertiary/aromatic N) is 4. The molecule has 0 spiro atoms. The van der Waals surface area contributed by atoms with Gasteiger partial charge in [0, 0.05) is 5.56 Å². The fourth-order valence-electron chi connectivity index (χ4n) is 1.49. The summed E-state index contributed by atoms with van der Waals surface area (Å²) in [5, 5.41) is 22.6. The number of aliphatic carboxylic acids is 1. The van der Waals surface area contributed by atoms with Crippen molar-refractivity contribution < 1.29 is 14.7 Å². The molecule has 0 saturated heterocycles. The predicted octanol–water partition coefficient (Wildman–Crippen LogP) is -0.0706. The third-order valence-corrected chi connectivity index (χ3v) is 2.52. The first-order valence-corrected chi connectivity index (χ1v) is 5.91. The Balaban J connectivity index is 2.00. The van der Waals surface area contributed by atoms with Gasteiger partial charge in [0.05, 0.1) is 0 Å². The Morgan fingerprint density at radius 1 is 1.35 bits per heavy atom. The van der Waals surface area contributed by atoms with Crippen molar-refractivity contribution in [3.8, 4) is 11.4 Å². The molecule has 0 unspecified atom stereocenters. The molecule has 1 amide bonds. The van der Waals surface area contributed by atoms with Crippen LogP contribution in [0.3, 0.4) is 0 Å². The molecule has 0 saturated carbocycles. The number of aromatic nitrogens is 4. The van der Waals surface area contributed by atoms with Crippen LogP contribution < -0.4 is 5.32 Å². The lowest BCUT2D eigenvalue weighted by Crippen LogP contribution is -2.40. The van der Waals surface area contributed by atoms with Crippen LogP contribution in [0.4, 0.5) is 0 Å². The molecule has 0 bridgehead atoms. The van der Waals surface area contributed by atoms with Crippen molar-refractivity contribution in [1.82, 2.24) is 25.5 Å². The van der Waals surface area contributed by atoms with Crippen molar-refractivity contribution in [2.75, 3.05) is 0 Å². The largest absolute Gasteiger partial charge is 0.480 e. The van der Waals surface area contributed by atoms with Crippen LogP contribution in [0.2, 0.25) is 0 Å². The topological polar surface area (TPSA) is 110 Å². The molecule has 2 N–H and O–H groups in total. The van der Waals surface area contributed by atoms with E-state index in [2.05, 4.69) is 20.7 Å². The van der Waals surface area contributed by atoms with Crippen LogP contribution in [-0.4, -0.2) is 43.2 Å². The Bertz CT molecular complexity index is 611. The molecule has 104 valence electrons. The maximum absolute atomic E-state index is 11.6. The lowest BCUT2D eigenvalue weighted by atomic mass is 10.2. The minimum absolute atomic E-state index is 0.183. The summed E-state index contributed by atoms with van der Waals surface area (Å²) in [6.07, 6.45) is 0. The maximum Gasteiger partial charge on any atom is 0.325 e. The lowest BCUT2D eigenvalue weighted by Gasteiger charge is -2.07. The third kappa shape index (κ3) is 3.37. The van der Waals surface area contributed by atoms with Gasteiger partial charge in [0.25, 0.3) is 0 Å². The second-order valence-electron chi connectivity index (χ2n) is 4.14. The molecule has 2 aromatic rings. The van der Waals surface area contributed by atoms with Crippen LogP contribution in [0.15, 0.2) is 30.3 Å². The van der Waals surface area contributed by atoms with Crippen molar-refractivity contribution >= 4 is 11.9 Å². The predicted molar refractivity (Wildman–Crippen MR) is 68.5 cm³/mol. The lowest BCUT2D eigenvalue weighted by molar-refractivity contribution is -0.141. The van der Waals surface area contributed by atoms with Gasteiger partial charge in [0.15, 0.2) is 0 Å². The van der Waals surface area contributed by atoms with Crippen molar-refractivity contribution in [1.29, 1.82) is 0 Å². The number of amides is 1. The Kier molecular flexibility index (Phi) is 4.04. The second-order valence-corrected chi connectivity index (χ2v) is 4.14. The zero-order chi connectivity index (χ0) is 14.5. The number of rotatable bonds is 5. The quantitative estimate of drug-likeness (QED) is 0.790. The van der Waals surface area contributed by atoms with E-state index in [1.165, 1.54) is 6.92 Å². The molecule has 0 aliphatic rings. The van der Waals surface area contributed by atoms with Crippen molar-refractivity contribution in [3.63, 3.8) is 0 Å². The Labute approximate surface area is 114 Å². The van der Waals surface area contributed by atoms with Gasteiger partial charge < -0.3 is 10.4 Å². The highest BCUT2D eigenvalue weighted by Gasteiger charge is 2.15. The van der Waals surface area contributed by atoms with Crippen LogP contribution in [0.5, 0.6) is 0 Å². The molecule has 0 aliphatic carbocycles. The number of carbonyl (C=O) groups excluding carboxylic acids is 1. The van der Waals surface area contributed by atoms with Crippen molar-refractivity contribution in [2.45, 2.75) is 19.5 Å². The van der Waals surface area contributed by atoms with Gasteiger partial charge in [-0.15, -0.1) is 10.2 Å². The summed E-state index contributed by atoms with van der Waals surface area (Å²) in [4.78, 5) is 23.3. The van der Waals surface area contributed by atoms with E-state index in [4.69, 9.17) is 5.11 Å². The number of carbonyl (C=O) groups is 2. The zero-order valence-corrected chi connectivity index (χ0v) is 10.7. The molecule has 0 aliphatic heterocycles. The minimum atomic E-state index is -1.10. The molecule has 0 fully saturated rings. The molecule has 1 aromatic carbocycles. The summed E-state index contributed by atoms with van der Waals surface area (Å²) < 4.78 is 0. The monoisotopic (exact) mass is 275 g/mol. The van der Waals surface area contributed by atoms with E-state index in [1.807, 2.05) is 30.3 Å². The van der Waals surface area contributed by atoms with Crippen LogP contribution in [0.1, 0.15) is 6.92 Å². The van der Waals surface area contributed by atoms with Crippen LogP contribution in [0.25, 0.3) is 11.4 Å². The van der Waals surface area contributed by atoms with Gasteiger partial charge in [-0.25, -0.2) is 0 Å². The zero-order valence-electron chi connectivity index (χ0n) is 10.7. The summed E-state index contributed by atoms with van der Waals surface area (Å²) >= 11 is 0. The number of carboxylic acids is 1. The summed E-state index contributed by atoms with van der Waals surface area (Å²) in [6.45, 7) is 1.20.